The van der Waals surface area contributed by atoms with E-state index in [0.717, 1.165) is 28.8 Å². The Hall–Kier alpha value is -3.54. The Labute approximate surface area is 156 Å². The van der Waals surface area contributed by atoms with Crippen LogP contribution in [0.25, 0.3) is 16.8 Å². The molecule has 0 saturated heterocycles. The normalized spacial score (nSPS) is 10.9. The van der Waals surface area contributed by atoms with E-state index in [2.05, 4.69) is 20.3 Å². The summed E-state index contributed by atoms with van der Waals surface area (Å²) in [6.07, 6.45) is 9.85. The molecule has 0 radical (unpaired) electrons. The molecule has 0 bridgehead atoms. The molecule has 0 aliphatic heterocycles. The van der Waals surface area contributed by atoms with E-state index in [-0.39, 0.29) is 5.91 Å². The summed E-state index contributed by atoms with van der Waals surface area (Å²) >= 11 is 0. The number of rotatable bonds is 4. The molecule has 27 heavy (non-hydrogen) atoms. The molecule has 0 atom stereocenters. The minimum absolute atomic E-state index is 0.240. The van der Waals surface area contributed by atoms with Crippen LogP contribution in [0.4, 0.5) is 5.82 Å². The largest absolute Gasteiger partial charge is 0.306 e. The lowest BCUT2D eigenvalue weighted by molar-refractivity contribution is 0.102. The van der Waals surface area contributed by atoms with Gasteiger partial charge in [-0.15, -0.1) is 0 Å². The zero-order chi connectivity index (χ0) is 18.8. The molecule has 0 aliphatic rings. The zero-order valence-electron chi connectivity index (χ0n) is 15.2. The van der Waals surface area contributed by atoms with Gasteiger partial charge in [-0.1, -0.05) is 13.0 Å². The Morgan fingerprint density at radius 2 is 2.11 bits per heavy atom. The minimum Gasteiger partial charge on any atom is -0.306 e. The summed E-state index contributed by atoms with van der Waals surface area (Å²) in [4.78, 5) is 26.0. The van der Waals surface area contributed by atoms with Gasteiger partial charge in [-0.3, -0.25) is 9.78 Å². The van der Waals surface area contributed by atoms with Crippen LogP contribution in [0.2, 0.25) is 0 Å². The highest BCUT2D eigenvalue weighted by Gasteiger charge is 2.16. The molecule has 0 spiro atoms. The number of anilines is 1. The highest BCUT2D eigenvalue weighted by molar-refractivity contribution is 6.08. The van der Waals surface area contributed by atoms with Gasteiger partial charge in [0.1, 0.15) is 11.5 Å². The van der Waals surface area contributed by atoms with E-state index in [1.54, 1.807) is 24.7 Å². The van der Waals surface area contributed by atoms with E-state index in [1.165, 1.54) is 0 Å². The Morgan fingerprint density at radius 1 is 1.22 bits per heavy atom. The average molecular weight is 357 g/mol. The fourth-order valence-corrected chi connectivity index (χ4v) is 3.04. The second-order valence-electron chi connectivity index (χ2n) is 6.31. The molecule has 0 unspecified atom stereocenters. The lowest BCUT2D eigenvalue weighted by Gasteiger charge is -2.11. The van der Waals surface area contributed by atoms with Crippen LogP contribution in [0.3, 0.4) is 0 Å². The number of nitrogens with one attached hydrogen (secondary N) is 1. The van der Waals surface area contributed by atoms with Crippen molar-refractivity contribution in [2.24, 2.45) is 0 Å². The average Bonchev–Trinajstić information content (AvgIpc) is 3.16. The molecule has 0 saturated carbocycles. The van der Waals surface area contributed by atoms with Crippen molar-refractivity contribution in [3.8, 4) is 11.1 Å². The van der Waals surface area contributed by atoms with Gasteiger partial charge in [0.05, 0.1) is 5.56 Å². The van der Waals surface area contributed by atoms with Gasteiger partial charge in [0.25, 0.3) is 5.91 Å². The maximum atomic E-state index is 13.0. The van der Waals surface area contributed by atoms with Crippen LogP contribution in [0.1, 0.15) is 28.5 Å². The molecule has 6 nitrogen and oxygen atoms in total. The van der Waals surface area contributed by atoms with Crippen molar-refractivity contribution in [2.45, 2.75) is 20.3 Å². The van der Waals surface area contributed by atoms with Crippen molar-refractivity contribution in [2.75, 3.05) is 5.32 Å². The molecular formula is C21H19N5O. The Kier molecular flexibility index (Phi) is 4.38. The van der Waals surface area contributed by atoms with Gasteiger partial charge in [0, 0.05) is 47.8 Å². The first kappa shape index (κ1) is 16.9. The lowest BCUT2D eigenvalue weighted by atomic mass is 10.0. The maximum Gasteiger partial charge on any atom is 0.260 e. The van der Waals surface area contributed by atoms with Crippen LogP contribution >= 0.6 is 0 Å². The predicted octanol–water partition coefficient (Wildman–Crippen LogP) is 3.91. The second kappa shape index (κ2) is 6.99. The molecule has 0 fully saturated rings. The Bertz CT molecular complexity index is 1130. The first-order chi connectivity index (χ1) is 13.2. The summed E-state index contributed by atoms with van der Waals surface area (Å²) in [5.74, 6) is 0.294. The van der Waals surface area contributed by atoms with Crippen molar-refractivity contribution < 1.29 is 4.79 Å². The summed E-state index contributed by atoms with van der Waals surface area (Å²) in [7, 11) is 0. The van der Waals surface area contributed by atoms with Crippen LogP contribution in [-0.4, -0.2) is 25.3 Å². The number of carbonyl (C=O) groups is 1. The van der Waals surface area contributed by atoms with Crippen LogP contribution in [0, 0.1) is 6.92 Å². The lowest BCUT2D eigenvalue weighted by Crippen LogP contribution is -2.15. The third kappa shape index (κ3) is 3.29. The Balaban J connectivity index is 1.77. The first-order valence-corrected chi connectivity index (χ1v) is 8.80. The van der Waals surface area contributed by atoms with Gasteiger partial charge < -0.3 is 9.72 Å². The van der Waals surface area contributed by atoms with E-state index in [0.29, 0.717) is 17.0 Å². The second-order valence-corrected chi connectivity index (χ2v) is 6.31. The maximum absolute atomic E-state index is 13.0. The molecule has 4 aromatic heterocycles. The topological polar surface area (TPSA) is 72.2 Å². The number of aryl methyl sites for hydroxylation is 2. The first-order valence-electron chi connectivity index (χ1n) is 8.80. The SMILES string of the molecule is CCc1cccc(NC(=O)c2cc(-c3cnccc3C)cn3ccnc23)n1. The highest BCUT2D eigenvalue weighted by Crippen LogP contribution is 2.25. The summed E-state index contributed by atoms with van der Waals surface area (Å²) in [5, 5.41) is 2.89. The van der Waals surface area contributed by atoms with Gasteiger partial charge in [0.2, 0.25) is 0 Å². The van der Waals surface area contributed by atoms with Gasteiger partial charge in [-0.2, -0.15) is 0 Å². The molecule has 0 aromatic carbocycles. The standard InChI is InChI=1S/C21H19N5O/c1-3-16-5-4-6-19(24-16)25-21(27)17-11-15(13-26-10-9-23-20(17)26)18-12-22-8-7-14(18)2/h4-13H,3H2,1-2H3,(H,24,25,27). The van der Waals surface area contributed by atoms with Crippen molar-refractivity contribution in [1.29, 1.82) is 0 Å². The molecule has 4 heterocycles. The molecule has 1 N–H and O–H groups in total. The van der Waals surface area contributed by atoms with Crippen molar-refractivity contribution in [1.82, 2.24) is 19.4 Å². The fourth-order valence-electron chi connectivity index (χ4n) is 3.04. The van der Waals surface area contributed by atoms with E-state index >= 15 is 0 Å². The van der Waals surface area contributed by atoms with E-state index in [1.807, 2.05) is 54.9 Å². The predicted molar refractivity (Wildman–Crippen MR) is 105 cm³/mol. The molecule has 4 rings (SSSR count). The summed E-state index contributed by atoms with van der Waals surface area (Å²) in [6, 6.07) is 9.42. The molecule has 134 valence electrons. The van der Waals surface area contributed by atoms with Gasteiger partial charge in [-0.05, 0) is 43.2 Å². The molecule has 0 aliphatic carbocycles. The number of hydrogen-bond acceptors (Lipinski definition) is 4. The number of carbonyl (C=O) groups excluding carboxylic acids is 1. The summed E-state index contributed by atoms with van der Waals surface area (Å²) in [6.45, 7) is 4.05. The monoisotopic (exact) mass is 357 g/mol. The van der Waals surface area contributed by atoms with Crippen LogP contribution < -0.4 is 5.32 Å². The fraction of sp³-hybridized carbons (Fsp3) is 0.143. The number of imidazole rings is 1. The molecular weight excluding hydrogens is 338 g/mol. The van der Waals surface area contributed by atoms with Gasteiger partial charge in [-0.25, -0.2) is 9.97 Å². The van der Waals surface area contributed by atoms with E-state index < -0.39 is 0 Å². The van der Waals surface area contributed by atoms with E-state index in [4.69, 9.17) is 0 Å². The number of hydrogen-bond donors (Lipinski definition) is 1. The summed E-state index contributed by atoms with van der Waals surface area (Å²) in [5.41, 5.74) is 5.00. The molecule has 1 amide bonds. The number of nitrogens with zero attached hydrogens (tertiary/aromatic N) is 4. The Morgan fingerprint density at radius 3 is 2.93 bits per heavy atom. The van der Waals surface area contributed by atoms with Crippen molar-refractivity contribution in [3.05, 3.63) is 78.1 Å². The van der Waals surface area contributed by atoms with Gasteiger partial charge in [0.15, 0.2) is 0 Å². The number of pyridine rings is 3. The third-order valence-corrected chi connectivity index (χ3v) is 4.49. The highest BCUT2D eigenvalue weighted by atomic mass is 16.1. The minimum atomic E-state index is -0.240. The van der Waals surface area contributed by atoms with E-state index in [9.17, 15) is 4.79 Å². The number of fused-ring (bicyclic) bond motifs is 1. The smallest absolute Gasteiger partial charge is 0.260 e. The van der Waals surface area contributed by atoms with Gasteiger partial charge >= 0.3 is 0 Å². The van der Waals surface area contributed by atoms with Crippen molar-refractivity contribution in [3.63, 3.8) is 0 Å². The number of amides is 1. The third-order valence-electron chi connectivity index (χ3n) is 4.49. The molecule has 4 aromatic rings. The van der Waals surface area contributed by atoms with Crippen LogP contribution in [0.15, 0.2) is 61.3 Å². The molecule has 6 heteroatoms. The van der Waals surface area contributed by atoms with Crippen LogP contribution in [0.5, 0.6) is 0 Å². The summed E-state index contributed by atoms with van der Waals surface area (Å²) < 4.78 is 1.85. The number of aromatic nitrogens is 4. The quantitative estimate of drug-likeness (QED) is 0.601. The van der Waals surface area contributed by atoms with Crippen LogP contribution in [-0.2, 0) is 6.42 Å². The van der Waals surface area contributed by atoms with Crippen molar-refractivity contribution >= 4 is 17.4 Å². The zero-order valence-corrected chi connectivity index (χ0v) is 15.2.